The zero-order valence-electron chi connectivity index (χ0n) is 21.1. The van der Waals surface area contributed by atoms with E-state index in [-0.39, 0.29) is 16.8 Å². The molecule has 0 aliphatic carbocycles. The summed E-state index contributed by atoms with van der Waals surface area (Å²) in [7, 11) is -3.90. The van der Waals surface area contributed by atoms with Gasteiger partial charge in [-0.05, 0) is 63.4 Å². The molecule has 6 rings (SSSR count). The number of rotatable bonds is 5. The number of benzene rings is 2. The molecule has 1 saturated heterocycles. The number of hydrogen-bond donors (Lipinski definition) is 1. The molecule has 1 atom stereocenters. The Hall–Kier alpha value is -4.25. The molecular weight excluding hydrogens is 502 g/mol. The van der Waals surface area contributed by atoms with Crippen molar-refractivity contribution in [3.05, 3.63) is 66.6 Å². The molecule has 1 unspecified atom stereocenters. The van der Waals surface area contributed by atoms with Gasteiger partial charge in [-0.3, -0.25) is 4.98 Å². The molecule has 5 aromatic rings. The Morgan fingerprint density at radius 2 is 1.87 bits per heavy atom. The molecule has 0 amide bonds. The number of hydrogen-bond acceptors (Lipinski definition) is 9. The number of aryl methyl sites for hydroxylation is 1. The van der Waals surface area contributed by atoms with Crippen LogP contribution >= 0.6 is 0 Å². The second-order valence-electron chi connectivity index (χ2n) is 9.63. The predicted molar refractivity (Wildman–Crippen MR) is 145 cm³/mol. The summed E-state index contributed by atoms with van der Waals surface area (Å²) in [6.45, 7) is 5.02. The lowest BCUT2D eigenvalue weighted by Crippen LogP contribution is -2.38. The van der Waals surface area contributed by atoms with Crippen LogP contribution in [0.1, 0.15) is 31.7 Å². The van der Waals surface area contributed by atoms with Crippen molar-refractivity contribution in [2.24, 2.45) is 0 Å². The summed E-state index contributed by atoms with van der Waals surface area (Å²) in [6, 6.07) is 12.4. The van der Waals surface area contributed by atoms with E-state index >= 15 is 0 Å². The first-order valence-electron chi connectivity index (χ1n) is 12.5. The molecule has 3 aromatic heterocycles. The summed E-state index contributed by atoms with van der Waals surface area (Å²) < 4.78 is 34.3. The first kappa shape index (κ1) is 24.1. The second-order valence-corrected chi connectivity index (χ2v) is 11.4. The average molecular weight is 530 g/mol. The Morgan fingerprint density at radius 3 is 2.61 bits per heavy atom. The molecule has 38 heavy (non-hydrogen) atoms. The van der Waals surface area contributed by atoms with Gasteiger partial charge in [-0.1, -0.05) is 22.8 Å². The smallest absolute Gasteiger partial charge is 0.313 e. The highest BCUT2D eigenvalue weighted by Gasteiger charge is 2.25. The van der Waals surface area contributed by atoms with Crippen LogP contribution < -0.4 is 10.6 Å². The van der Waals surface area contributed by atoms with Crippen LogP contribution in [0.3, 0.4) is 0 Å². The van der Waals surface area contributed by atoms with Crippen molar-refractivity contribution in [1.29, 1.82) is 0 Å². The van der Waals surface area contributed by atoms with E-state index in [0.29, 0.717) is 33.8 Å². The maximum Gasteiger partial charge on any atom is 0.313 e. The van der Waals surface area contributed by atoms with Crippen molar-refractivity contribution in [3.63, 3.8) is 0 Å². The highest BCUT2D eigenvalue weighted by Crippen LogP contribution is 2.36. The highest BCUT2D eigenvalue weighted by molar-refractivity contribution is 7.90. The van der Waals surface area contributed by atoms with Gasteiger partial charge < -0.3 is 15.1 Å². The molecule has 0 bridgehead atoms. The van der Waals surface area contributed by atoms with Gasteiger partial charge in [0.2, 0.25) is 5.89 Å². The lowest BCUT2D eigenvalue weighted by molar-refractivity contribution is 0.481. The van der Waals surface area contributed by atoms with E-state index in [9.17, 15) is 8.42 Å². The van der Waals surface area contributed by atoms with Gasteiger partial charge in [0, 0.05) is 35.3 Å². The molecule has 2 N–H and O–H groups in total. The molecular formula is C27H27N7O3S. The van der Waals surface area contributed by atoms with E-state index in [0.717, 1.165) is 30.8 Å². The summed E-state index contributed by atoms with van der Waals surface area (Å²) >= 11 is 0. The Labute approximate surface area is 220 Å². The average Bonchev–Trinajstić information content (AvgIpc) is 3.53. The molecule has 2 aromatic carbocycles. The van der Waals surface area contributed by atoms with Gasteiger partial charge in [0.25, 0.3) is 10.0 Å². The number of piperidine rings is 1. The van der Waals surface area contributed by atoms with Gasteiger partial charge >= 0.3 is 6.01 Å². The van der Waals surface area contributed by atoms with Crippen molar-refractivity contribution in [2.45, 2.75) is 44.0 Å². The third-order valence-corrected chi connectivity index (χ3v) is 8.72. The number of nitrogen functional groups attached to an aromatic ring is 1. The number of anilines is 2. The summed E-state index contributed by atoms with van der Waals surface area (Å²) in [5.74, 6) is 1.02. The molecule has 4 heterocycles. The van der Waals surface area contributed by atoms with Crippen LogP contribution in [0.25, 0.3) is 33.6 Å². The number of nitrogens with two attached hydrogens (primary N) is 1. The third-order valence-electron chi connectivity index (χ3n) is 7.03. The summed E-state index contributed by atoms with van der Waals surface area (Å²) in [6.07, 6.45) is 8.42. The van der Waals surface area contributed by atoms with Gasteiger partial charge in [0.05, 0.1) is 28.5 Å². The minimum absolute atomic E-state index is 0.0472. The Morgan fingerprint density at radius 1 is 1.05 bits per heavy atom. The molecule has 1 aliphatic heterocycles. The molecule has 1 aliphatic rings. The molecule has 194 valence electrons. The van der Waals surface area contributed by atoms with Gasteiger partial charge in [-0.2, -0.15) is 0 Å². The minimum atomic E-state index is -3.90. The van der Waals surface area contributed by atoms with Gasteiger partial charge in [0.15, 0.2) is 0 Å². The van der Waals surface area contributed by atoms with Crippen LogP contribution in [0.4, 0.5) is 11.8 Å². The maximum absolute atomic E-state index is 13.8. The van der Waals surface area contributed by atoms with Crippen LogP contribution in [0.15, 0.2) is 70.4 Å². The zero-order valence-corrected chi connectivity index (χ0v) is 21.9. The Bertz CT molecular complexity index is 1740. The number of nitrogens with zero attached hydrogens (tertiary/aromatic N) is 6. The predicted octanol–water partition coefficient (Wildman–Crippen LogP) is 4.65. The fraction of sp³-hybridized carbons (Fsp3) is 0.259. The largest absolute Gasteiger partial charge is 0.404 e. The Balaban J connectivity index is 1.55. The van der Waals surface area contributed by atoms with Gasteiger partial charge in [0.1, 0.15) is 5.82 Å². The summed E-state index contributed by atoms with van der Waals surface area (Å²) in [4.78, 5) is 11.9. The minimum Gasteiger partial charge on any atom is -0.404 e. The molecule has 10 nitrogen and oxygen atoms in total. The third kappa shape index (κ3) is 4.18. The second kappa shape index (κ2) is 9.25. The maximum atomic E-state index is 13.8. The topological polar surface area (TPSA) is 133 Å². The van der Waals surface area contributed by atoms with Gasteiger partial charge in [-0.15, -0.1) is 5.10 Å². The van der Waals surface area contributed by atoms with Gasteiger partial charge in [-0.25, -0.2) is 17.4 Å². The zero-order chi connectivity index (χ0) is 26.4. The molecule has 11 heteroatoms. The van der Waals surface area contributed by atoms with Crippen LogP contribution in [-0.4, -0.2) is 45.1 Å². The molecule has 0 saturated carbocycles. The molecule has 0 radical (unpaired) electrons. The normalized spacial score (nSPS) is 16.3. The van der Waals surface area contributed by atoms with Crippen LogP contribution in [0, 0.1) is 6.92 Å². The highest BCUT2D eigenvalue weighted by atomic mass is 32.2. The first-order valence-corrected chi connectivity index (χ1v) is 13.9. The SMILES string of the molecule is Cc1ccc(S(=O)(=O)n2cc(-c3cncc(N4CCCCC4C)n3)c3cc(-c4nnc(N)o4)ccc32)cc1. The van der Waals surface area contributed by atoms with Crippen molar-refractivity contribution < 1.29 is 12.8 Å². The van der Waals surface area contributed by atoms with Crippen molar-refractivity contribution in [3.8, 4) is 22.7 Å². The first-order chi connectivity index (χ1) is 18.3. The summed E-state index contributed by atoms with van der Waals surface area (Å²) in [5, 5.41) is 8.40. The van der Waals surface area contributed by atoms with Crippen molar-refractivity contribution in [2.75, 3.05) is 17.2 Å². The van der Waals surface area contributed by atoms with E-state index in [4.69, 9.17) is 15.1 Å². The van der Waals surface area contributed by atoms with Crippen LogP contribution in [0.2, 0.25) is 0 Å². The van der Waals surface area contributed by atoms with E-state index in [2.05, 4.69) is 27.0 Å². The standard InChI is InChI=1S/C27H27N7O3S/c1-17-6-9-20(10-7-17)38(35,36)34-16-22(21-13-19(8-11-24(21)34)26-31-32-27(28)37-26)23-14-29-15-25(30-23)33-12-4-3-5-18(33)2/h6-11,13-16,18H,3-5,12H2,1-2H3,(H2,28,32). The molecule has 0 spiro atoms. The van der Waals surface area contributed by atoms with Crippen LogP contribution in [0.5, 0.6) is 0 Å². The van der Waals surface area contributed by atoms with E-state index in [1.165, 1.54) is 10.4 Å². The van der Waals surface area contributed by atoms with Crippen molar-refractivity contribution >= 4 is 32.8 Å². The van der Waals surface area contributed by atoms with Crippen molar-refractivity contribution in [1.82, 2.24) is 24.1 Å². The number of aromatic nitrogens is 5. The quantitative estimate of drug-likeness (QED) is 0.345. The Kier molecular flexibility index (Phi) is 5.87. The monoisotopic (exact) mass is 529 g/mol. The lowest BCUT2D eigenvalue weighted by atomic mass is 10.0. The summed E-state index contributed by atoms with van der Waals surface area (Å²) in [5.41, 5.74) is 8.93. The fourth-order valence-electron chi connectivity index (χ4n) is 4.97. The molecule has 1 fully saturated rings. The fourth-order valence-corrected chi connectivity index (χ4v) is 6.34. The lowest BCUT2D eigenvalue weighted by Gasteiger charge is -2.34. The van der Waals surface area contributed by atoms with Crippen LogP contribution in [-0.2, 0) is 10.0 Å². The van der Waals surface area contributed by atoms with E-state index in [1.807, 2.05) is 13.0 Å². The van der Waals surface area contributed by atoms with E-state index < -0.39 is 10.0 Å². The number of fused-ring (bicyclic) bond motifs is 1. The van der Waals surface area contributed by atoms with E-state index in [1.54, 1.807) is 55.0 Å².